The maximum Gasteiger partial charge on any atom is 0.251 e. The van der Waals surface area contributed by atoms with Crippen LogP contribution in [-0.2, 0) is 11.3 Å². The van der Waals surface area contributed by atoms with Gasteiger partial charge in [-0.25, -0.2) is 4.98 Å². The number of rotatable bonds is 5. The fourth-order valence-corrected chi connectivity index (χ4v) is 5.29. The lowest BCUT2D eigenvalue weighted by atomic mass is 10.1. The van der Waals surface area contributed by atoms with E-state index in [0.717, 1.165) is 45.7 Å². The Morgan fingerprint density at radius 2 is 1.84 bits per heavy atom. The zero-order valence-electron chi connectivity index (χ0n) is 18.7. The zero-order valence-corrected chi connectivity index (χ0v) is 20.3. The van der Waals surface area contributed by atoms with Crippen molar-refractivity contribution in [2.75, 3.05) is 18.0 Å². The Kier molecular flexibility index (Phi) is 6.79. The highest BCUT2D eigenvalue weighted by Gasteiger charge is 2.26. The number of hydrogen-bond acceptors (Lipinski definition) is 6. The van der Waals surface area contributed by atoms with Crippen molar-refractivity contribution in [2.45, 2.75) is 46.4 Å². The second-order valence-electron chi connectivity index (χ2n) is 8.27. The number of ether oxygens (including phenoxy) is 1. The molecule has 0 bridgehead atoms. The quantitative estimate of drug-likeness (QED) is 0.567. The molecule has 2 atom stereocenters. The summed E-state index contributed by atoms with van der Waals surface area (Å²) in [6.07, 6.45) is 0.282. The summed E-state index contributed by atoms with van der Waals surface area (Å²) in [7, 11) is 0. The lowest BCUT2D eigenvalue weighted by molar-refractivity contribution is -0.00523. The number of nitrogens with one attached hydrogen (secondary N) is 1. The third kappa shape index (κ3) is 5.28. The van der Waals surface area contributed by atoms with Gasteiger partial charge in [0.2, 0.25) is 0 Å². The highest BCUT2D eigenvalue weighted by molar-refractivity contribution is 7.19. The number of hydrogen-bond donors (Lipinski definition) is 1. The highest BCUT2D eigenvalue weighted by Crippen LogP contribution is 2.36. The maximum atomic E-state index is 12.7. The molecule has 0 spiro atoms. The Balaban J connectivity index is 1.64. The molecule has 1 aliphatic rings. The SMILES string of the molecule is Cc1cc(-c2sc(N3C[C@@H](C)O[C@@H](C)C3)nc2CNC(=O)c2cccc(Cl)c2)cc(C)n1. The number of amides is 1. The second kappa shape index (κ2) is 9.57. The van der Waals surface area contributed by atoms with Crippen LogP contribution in [0.1, 0.15) is 41.3 Å². The first-order valence-corrected chi connectivity index (χ1v) is 11.9. The van der Waals surface area contributed by atoms with Crippen LogP contribution in [0.25, 0.3) is 10.4 Å². The minimum absolute atomic E-state index is 0.141. The molecule has 1 aromatic carbocycles. The van der Waals surface area contributed by atoms with E-state index in [4.69, 9.17) is 21.3 Å². The van der Waals surface area contributed by atoms with Gasteiger partial charge >= 0.3 is 0 Å². The van der Waals surface area contributed by atoms with Crippen molar-refractivity contribution in [3.8, 4) is 10.4 Å². The molecule has 4 rings (SSSR count). The topological polar surface area (TPSA) is 67.3 Å². The predicted octanol–water partition coefficient (Wildman–Crippen LogP) is 5.02. The summed E-state index contributed by atoms with van der Waals surface area (Å²) in [5.74, 6) is -0.177. The second-order valence-corrected chi connectivity index (χ2v) is 9.68. The molecule has 0 aliphatic carbocycles. The molecule has 6 nitrogen and oxygen atoms in total. The molecular weight excluding hydrogens is 444 g/mol. The van der Waals surface area contributed by atoms with E-state index < -0.39 is 0 Å². The van der Waals surface area contributed by atoms with Crippen molar-refractivity contribution in [1.29, 1.82) is 0 Å². The van der Waals surface area contributed by atoms with Gasteiger partial charge in [0.05, 0.1) is 29.3 Å². The van der Waals surface area contributed by atoms with Crippen LogP contribution in [0, 0.1) is 13.8 Å². The molecule has 2 aromatic heterocycles. The molecule has 0 saturated carbocycles. The minimum atomic E-state index is -0.177. The first kappa shape index (κ1) is 22.7. The molecule has 1 fully saturated rings. The molecule has 168 valence electrons. The molecule has 32 heavy (non-hydrogen) atoms. The number of carbonyl (C=O) groups is 1. The largest absolute Gasteiger partial charge is 0.372 e. The van der Waals surface area contributed by atoms with Gasteiger partial charge in [0.15, 0.2) is 5.13 Å². The number of carbonyl (C=O) groups excluding carboxylic acids is 1. The van der Waals surface area contributed by atoms with Crippen LogP contribution in [0.15, 0.2) is 36.4 Å². The molecule has 3 aromatic rings. The fraction of sp³-hybridized carbons (Fsp3) is 0.375. The van der Waals surface area contributed by atoms with Crippen LogP contribution < -0.4 is 10.2 Å². The van der Waals surface area contributed by atoms with E-state index in [9.17, 15) is 4.79 Å². The molecule has 0 radical (unpaired) electrons. The number of thiazole rings is 1. The summed E-state index contributed by atoms with van der Waals surface area (Å²) >= 11 is 7.69. The number of nitrogens with zero attached hydrogens (tertiary/aromatic N) is 3. The van der Waals surface area contributed by atoms with Crippen LogP contribution >= 0.6 is 22.9 Å². The average molecular weight is 471 g/mol. The molecular formula is C24H27ClN4O2S. The summed E-state index contributed by atoms with van der Waals surface area (Å²) in [4.78, 5) is 25.5. The number of benzene rings is 1. The summed E-state index contributed by atoms with van der Waals surface area (Å²) in [6, 6.07) is 11.1. The van der Waals surface area contributed by atoms with Crippen LogP contribution in [-0.4, -0.2) is 41.2 Å². The van der Waals surface area contributed by atoms with E-state index in [1.54, 1.807) is 35.6 Å². The monoisotopic (exact) mass is 470 g/mol. The molecule has 3 heterocycles. The van der Waals surface area contributed by atoms with E-state index in [-0.39, 0.29) is 18.1 Å². The minimum Gasteiger partial charge on any atom is -0.372 e. The Bertz CT molecular complexity index is 1100. The van der Waals surface area contributed by atoms with E-state index in [1.807, 2.05) is 13.8 Å². The third-order valence-corrected chi connectivity index (χ3v) is 6.67. The standard InChI is InChI=1S/C24H27ClN4O2S/c1-14-8-19(9-15(2)27-14)22-21(11-26-23(30)18-6-5-7-20(25)10-18)28-24(32-22)29-12-16(3)31-17(4)13-29/h5-10,16-17H,11-13H2,1-4H3,(H,26,30)/t16-,17+. The smallest absolute Gasteiger partial charge is 0.251 e. The Morgan fingerprint density at radius 3 is 2.50 bits per heavy atom. The molecule has 8 heteroatoms. The molecule has 1 aliphatic heterocycles. The summed E-state index contributed by atoms with van der Waals surface area (Å²) in [5, 5.41) is 4.48. The van der Waals surface area contributed by atoms with E-state index in [0.29, 0.717) is 17.1 Å². The van der Waals surface area contributed by atoms with Gasteiger partial charge in [-0.05, 0) is 63.6 Å². The third-order valence-electron chi connectivity index (χ3n) is 5.22. The van der Waals surface area contributed by atoms with Crippen molar-refractivity contribution in [2.24, 2.45) is 0 Å². The van der Waals surface area contributed by atoms with Gasteiger partial charge in [-0.1, -0.05) is 29.0 Å². The average Bonchev–Trinajstić information content (AvgIpc) is 3.15. The van der Waals surface area contributed by atoms with Crippen LogP contribution in [0.4, 0.5) is 5.13 Å². The molecule has 1 saturated heterocycles. The number of pyridine rings is 1. The first-order valence-electron chi connectivity index (χ1n) is 10.7. The van der Waals surface area contributed by atoms with Crippen molar-refractivity contribution in [3.63, 3.8) is 0 Å². The summed E-state index contributed by atoms with van der Waals surface area (Å²) in [6.45, 7) is 10.1. The zero-order chi connectivity index (χ0) is 22.8. The van der Waals surface area contributed by atoms with Crippen molar-refractivity contribution in [1.82, 2.24) is 15.3 Å². The van der Waals surface area contributed by atoms with E-state index in [2.05, 4.69) is 41.2 Å². The number of halogens is 1. The molecule has 1 N–H and O–H groups in total. The normalized spacial score (nSPS) is 18.6. The van der Waals surface area contributed by atoms with Gasteiger partial charge < -0.3 is 15.0 Å². The number of anilines is 1. The lowest BCUT2D eigenvalue weighted by Gasteiger charge is -2.35. The number of morpholine rings is 1. The molecule has 1 amide bonds. The van der Waals surface area contributed by atoms with Crippen molar-refractivity contribution in [3.05, 3.63) is 64.1 Å². The lowest BCUT2D eigenvalue weighted by Crippen LogP contribution is -2.45. The van der Waals surface area contributed by atoms with Gasteiger partial charge in [-0.15, -0.1) is 0 Å². The van der Waals surface area contributed by atoms with Crippen LogP contribution in [0.5, 0.6) is 0 Å². The predicted molar refractivity (Wildman–Crippen MR) is 130 cm³/mol. The van der Waals surface area contributed by atoms with E-state index >= 15 is 0 Å². The van der Waals surface area contributed by atoms with Gasteiger partial charge in [-0.2, -0.15) is 0 Å². The number of aryl methyl sites for hydroxylation is 2. The first-order chi connectivity index (χ1) is 15.3. The maximum absolute atomic E-state index is 12.7. The highest BCUT2D eigenvalue weighted by atomic mass is 35.5. The molecule has 0 unspecified atom stereocenters. The van der Waals surface area contributed by atoms with Gasteiger partial charge in [0.25, 0.3) is 5.91 Å². The van der Waals surface area contributed by atoms with Gasteiger partial charge in [-0.3, -0.25) is 9.78 Å². The van der Waals surface area contributed by atoms with Crippen molar-refractivity contribution < 1.29 is 9.53 Å². The number of aromatic nitrogens is 2. The van der Waals surface area contributed by atoms with Crippen LogP contribution in [0.2, 0.25) is 5.02 Å². The Hall–Kier alpha value is -2.48. The fourth-order valence-electron chi connectivity index (χ4n) is 4.02. The summed E-state index contributed by atoms with van der Waals surface area (Å²) < 4.78 is 5.89. The van der Waals surface area contributed by atoms with Crippen molar-refractivity contribution >= 4 is 34.0 Å². The summed E-state index contributed by atoms with van der Waals surface area (Å²) in [5.41, 5.74) is 4.35. The van der Waals surface area contributed by atoms with Gasteiger partial charge in [0, 0.05) is 35.1 Å². The Morgan fingerprint density at radius 1 is 1.16 bits per heavy atom. The Labute approximate surface area is 197 Å². The van der Waals surface area contributed by atoms with E-state index in [1.165, 1.54) is 0 Å². The van der Waals surface area contributed by atoms with Gasteiger partial charge in [0.1, 0.15) is 0 Å². The van der Waals surface area contributed by atoms with Crippen LogP contribution in [0.3, 0.4) is 0 Å².